The van der Waals surface area contributed by atoms with Gasteiger partial charge in [-0.1, -0.05) is 0 Å². The molecule has 0 fully saturated rings. The fraction of sp³-hybridized carbons (Fsp3) is 0.471. The van der Waals surface area contributed by atoms with E-state index >= 15 is 0 Å². The molecule has 0 saturated carbocycles. The molecule has 0 unspecified atom stereocenters. The van der Waals surface area contributed by atoms with Gasteiger partial charge in [-0.05, 0) is 65.8 Å². The van der Waals surface area contributed by atoms with Crippen molar-refractivity contribution < 1.29 is 4.39 Å². The monoisotopic (exact) mass is 289 g/mol. The maximum absolute atomic E-state index is 13.7. The summed E-state index contributed by atoms with van der Waals surface area (Å²) in [5.41, 5.74) is 2.39. The summed E-state index contributed by atoms with van der Waals surface area (Å²) in [4.78, 5) is 0. The van der Waals surface area contributed by atoms with Crippen molar-refractivity contribution >= 4 is 5.69 Å². The maximum Gasteiger partial charge on any atom is 0.124 e. The van der Waals surface area contributed by atoms with Gasteiger partial charge in [-0.25, -0.2) is 4.39 Å². The van der Waals surface area contributed by atoms with Crippen LogP contribution in [0.3, 0.4) is 0 Å². The van der Waals surface area contributed by atoms with Crippen LogP contribution in [0, 0.1) is 5.82 Å². The first kappa shape index (κ1) is 15.5. The largest absolute Gasteiger partial charge is 0.380 e. The average molecular weight is 289 g/mol. The van der Waals surface area contributed by atoms with Crippen molar-refractivity contribution in [2.75, 3.05) is 5.32 Å². The van der Waals surface area contributed by atoms with Crippen LogP contribution in [0.25, 0.3) is 11.3 Å². The highest BCUT2D eigenvalue weighted by Crippen LogP contribution is 2.33. The Hall–Kier alpha value is -1.84. The van der Waals surface area contributed by atoms with Gasteiger partial charge < -0.3 is 5.32 Å². The van der Waals surface area contributed by atoms with E-state index in [1.165, 1.54) is 6.07 Å². The number of benzene rings is 1. The Morgan fingerprint density at radius 2 is 1.71 bits per heavy atom. The van der Waals surface area contributed by atoms with Crippen LogP contribution in [0.15, 0.2) is 30.5 Å². The fourth-order valence-corrected chi connectivity index (χ4v) is 2.28. The molecule has 0 aliphatic carbocycles. The zero-order valence-electron chi connectivity index (χ0n) is 13.7. The van der Waals surface area contributed by atoms with Crippen LogP contribution in [-0.4, -0.2) is 15.3 Å². The lowest BCUT2D eigenvalue weighted by Gasteiger charge is -2.27. The molecule has 0 amide bonds. The summed E-state index contributed by atoms with van der Waals surface area (Å²) in [5.74, 6) is -0.244. The standard InChI is InChI=1S/C17H24FN3/c1-16(2,3)20-14-8-7-12(18)11-13(14)15-9-10-19-21(15)17(4,5)6/h7-11,20H,1-6H3. The number of anilines is 1. The SMILES string of the molecule is CC(C)(C)Nc1ccc(F)cc1-c1ccnn1C(C)(C)C. The Bertz CT molecular complexity index is 630. The van der Waals surface area contributed by atoms with Gasteiger partial charge in [0.25, 0.3) is 0 Å². The number of halogens is 1. The van der Waals surface area contributed by atoms with E-state index in [0.29, 0.717) is 0 Å². The Morgan fingerprint density at radius 1 is 1.05 bits per heavy atom. The molecule has 2 aromatic rings. The zero-order valence-corrected chi connectivity index (χ0v) is 13.7. The second kappa shape index (κ2) is 5.17. The molecule has 1 aromatic heterocycles. The van der Waals surface area contributed by atoms with Crippen molar-refractivity contribution in [3.05, 3.63) is 36.3 Å². The van der Waals surface area contributed by atoms with Gasteiger partial charge in [0.1, 0.15) is 5.82 Å². The van der Waals surface area contributed by atoms with Crippen molar-refractivity contribution in [3.63, 3.8) is 0 Å². The van der Waals surface area contributed by atoms with Crippen molar-refractivity contribution in [1.82, 2.24) is 9.78 Å². The van der Waals surface area contributed by atoms with Gasteiger partial charge in [0.2, 0.25) is 0 Å². The van der Waals surface area contributed by atoms with E-state index in [2.05, 4.69) is 52.0 Å². The topological polar surface area (TPSA) is 29.9 Å². The van der Waals surface area contributed by atoms with Crippen molar-refractivity contribution in [2.45, 2.75) is 52.6 Å². The molecule has 0 aliphatic rings. The maximum atomic E-state index is 13.7. The van der Waals surface area contributed by atoms with Gasteiger partial charge in [-0.3, -0.25) is 4.68 Å². The minimum atomic E-state index is -0.244. The summed E-state index contributed by atoms with van der Waals surface area (Å²) < 4.78 is 15.7. The fourth-order valence-electron chi connectivity index (χ4n) is 2.28. The first-order valence-corrected chi connectivity index (χ1v) is 7.20. The molecule has 1 heterocycles. The van der Waals surface area contributed by atoms with Gasteiger partial charge >= 0.3 is 0 Å². The van der Waals surface area contributed by atoms with Crippen LogP contribution in [0.1, 0.15) is 41.5 Å². The molecule has 0 atom stereocenters. The average Bonchev–Trinajstić information content (AvgIpc) is 2.78. The minimum Gasteiger partial charge on any atom is -0.380 e. The summed E-state index contributed by atoms with van der Waals surface area (Å²) in [6, 6.07) is 6.76. The lowest BCUT2D eigenvalue weighted by molar-refractivity contribution is 0.360. The predicted octanol–water partition coefficient (Wildman–Crippen LogP) is 4.65. The summed E-state index contributed by atoms with van der Waals surface area (Å²) in [6.45, 7) is 12.5. The number of rotatable bonds is 2. The number of nitrogens with zero attached hydrogens (tertiary/aromatic N) is 2. The molecule has 0 aliphatic heterocycles. The summed E-state index contributed by atoms with van der Waals surface area (Å²) >= 11 is 0. The third-order valence-electron chi connectivity index (χ3n) is 3.05. The first-order valence-electron chi connectivity index (χ1n) is 7.20. The van der Waals surface area contributed by atoms with E-state index in [1.807, 2.05) is 10.7 Å². The Labute approximate surface area is 126 Å². The molecule has 1 aromatic carbocycles. The molecule has 21 heavy (non-hydrogen) atoms. The molecule has 0 saturated heterocycles. The molecule has 114 valence electrons. The van der Waals surface area contributed by atoms with Crippen LogP contribution in [-0.2, 0) is 5.54 Å². The van der Waals surface area contributed by atoms with Crippen LogP contribution in [0.2, 0.25) is 0 Å². The Balaban J connectivity index is 2.58. The molecule has 0 spiro atoms. The molecule has 4 heteroatoms. The van der Waals surface area contributed by atoms with E-state index in [4.69, 9.17) is 0 Å². The van der Waals surface area contributed by atoms with E-state index < -0.39 is 0 Å². The highest BCUT2D eigenvalue weighted by Gasteiger charge is 2.21. The van der Waals surface area contributed by atoms with E-state index in [-0.39, 0.29) is 16.9 Å². The molecule has 2 rings (SSSR count). The quantitative estimate of drug-likeness (QED) is 0.871. The van der Waals surface area contributed by atoms with Crippen molar-refractivity contribution in [3.8, 4) is 11.3 Å². The molecular weight excluding hydrogens is 265 g/mol. The molecule has 0 radical (unpaired) electrons. The zero-order chi connectivity index (χ0) is 15.8. The van der Waals surface area contributed by atoms with Crippen molar-refractivity contribution in [2.24, 2.45) is 0 Å². The third-order valence-corrected chi connectivity index (χ3v) is 3.05. The highest BCUT2D eigenvalue weighted by atomic mass is 19.1. The van der Waals surface area contributed by atoms with Crippen LogP contribution < -0.4 is 5.32 Å². The smallest absolute Gasteiger partial charge is 0.124 e. The van der Waals surface area contributed by atoms with Gasteiger partial charge in [0.15, 0.2) is 0 Å². The molecule has 1 N–H and O–H groups in total. The summed E-state index contributed by atoms with van der Waals surface area (Å²) in [6.07, 6.45) is 1.76. The van der Waals surface area contributed by atoms with E-state index in [9.17, 15) is 4.39 Å². The number of hydrogen-bond acceptors (Lipinski definition) is 2. The predicted molar refractivity (Wildman–Crippen MR) is 86.0 cm³/mol. The second-order valence-corrected chi connectivity index (χ2v) is 7.36. The molecular formula is C17H24FN3. The first-order chi connectivity index (χ1) is 9.58. The molecule has 3 nitrogen and oxygen atoms in total. The number of hydrogen-bond donors (Lipinski definition) is 1. The Kier molecular flexibility index (Phi) is 3.83. The van der Waals surface area contributed by atoms with Gasteiger partial charge in [-0.15, -0.1) is 0 Å². The summed E-state index contributed by atoms with van der Waals surface area (Å²) in [7, 11) is 0. The minimum absolute atomic E-state index is 0.0981. The van der Waals surface area contributed by atoms with Crippen LogP contribution in [0.4, 0.5) is 10.1 Å². The Morgan fingerprint density at radius 3 is 2.29 bits per heavy atom. The normalized spacial score (nSPS) is 12.5. The van der Waals surface area contributed by atoms with Crippen molar-refractivity contribution in [1.29, 1.82) is 0 Å². The third kappa shape index (κ3) is 3.63. The number of nitrogens with one attached hydrogen (secondary N) is 1. The highest BCUT2D eigenvalue weighted by molar-refractivity contribution is 5.76. The van der Waals surface area contributed by atoms with Gasteiger partial charge in [0, 0.05) is 23.0 Å². The second-order valence-electron chi connectivity index (χ2n) is 7.36. The number of aromatic nitrogens is 2. The van der Waals surface area contributed by atoms with E-state index in [0.717, 1.165) is 16.9 Å². The summed E-state index contributed by atoms with van der Waals surface area (Å²) in [5, 5.41) is 7.83. The van der Waals surface area contributed by atoms with Gasteiger partial charge in [0.05, 0.1) is 11.2 Å². The van der Waals surface area contributed by atoms with Crippen LogP contribution in [0.5, 0.6) is 0 Å². The van der Waals surface area contributed by atoms with E-state index in [1.54, 1.807) is 18.3 Å². The lowest BCUT2D eigenvalue weighted by atomic mass is 10.0. The van der Waals surface area contributed by atoms with Crippen LogP contribution >= 0.6 is 0 Å². The van der Waals surface area contributed by atoms with Gasteiger partial charge in [-0.2, -0.15) is 5.10 Å². The molecule has 0 bridgehead atoms. The lowest BCUT2D eigenvalue weighted by Crippen LogP contribution is -2.27.